The molecule has 2 aromatic rings. The lowest BCUT2D eigenvalue weighted by Gasteiger charge is -2.04. The van der Waals surface area contributed by atoms with Crippen molar-refractivity contribution < 1.29 is 14.9 Å². The van der Waals surface area contributed by atoms with E-state index in [1.54, 1.807) is 36.4 Å². The van der Waals surface area contributed by atoms with Crippen LogP contribution in [0.15, 0.2) is 58.7 Å². The summed E-state index contributed by atoms with van der Waals surface area (Å²) in [6.45, 7) is 2.44. The first kappa shape index (κ1) is 16.2. The minimum Gasteiger partial charge on any atom is -0.494 e. The van der Waals surface area contributed by atoms with Crippen molar-refractivity contribution in [2.45, 2.75) is 6.92 Å². The Labute approximate surface area is 132 Å². The third-order valence-electron chi connectivity index (χ3n) is 2.97. The van der Waals surface area contributed by atoms with E-state index in [0.29, 0.717) is 17.9 Å². The summed E-state index contributed by atoms with van der Waals surface area (Å²) >= 11 is 0. The second-order valence-corrected chi connectivity index (χ2v) is 4.45. The highest BCUT2D eigenvalue weighted by Crippen LogP contribution is 2.26. The molecular formula is C16H15N3O4. The molecule has 0 saturated carbocycles. The monoisotopic (exact) mass is 313 g/mol. The number of nitro benzene ring substituents is 1. The molecule has 0 unspecified atom stereocenters. The lowest BCUT2D eigenvalue weighted by atomic mass is 10.1. The zero-order valence-electron chi connectivity index (χ0n) is 12.4. The minimum atomic E-state index is -0.515. The highest BCUT2D eigenvalue weighted by Gasteiger charge is 2.11. The smallest absolute Gasteiger partial charge is 0.294 e. The summed E-state index contributed by atoms with van der Waals surface area (Å²) in [7, 11) is 0. The SMILES string of the molecule is CCOc1ccc(C(C=Nc2ccccc2[N+](=O)[O-])=NO)cc1. The molecule has 0 spiro atoms. The van der Waals surface area contributed by atoms with Crippen molar-refractivity contribution in [1.29, 1.82) is 0 Å². The first-order chi connectivity index (χ1) is 11.2. The Kier molecular flexibility index (Phi) is 5.40. The summed E-state index contributed by atoms with van der Waals surface area (Å²) in [5.74, 6) is 0.698. The number of aliphatic imine (C=N–C) groups is 1. The van der Waals surface area contributed by atoms with Crippen molar-refractivity contribution in [2.24, 2.45) is 10.1 Å². The van der Waals surface area contributed by atoms with Crippen LogP contribution in [-0.2, 0) is 0 Å². The van der Waals surface area contributed by atoms with Crippen molar-refractivity contribution in [3.8, 4) is 5.75 Å². The molecule has 23 heavy (non-hydrogen) atoms. The third kappa shape index (κ3) is 4.13. The molecule has 2 aromatic carbocycles. The average molecular weight is 313 g/mol. The largest absolute Gasteiger partial charge is 0.494 e. The number of para-hydroxylation sites is 2. The first-order valence-electron chi connectivity index (χ1n) is 6.88. The fourth-order valence-corrected chi connectivity index (χ4v) is 1.91. The maximum absolute atomic E-state index is 10.9. The summed E-state index contributed by atoms with van der Waals surface area (Å²) in [5.41, 5.74) is 0.863. The fourth-order valence-electron chi connectivity index (χ4n) is 1.91. The first-order valence-corrected chi connectivity index (χ1v) is 6.88. The average Bonchev–Trinajstić information content (AvgIpc) is 2.57. The number of ether oxygens (including phenoxy) is 1. The second kappa shape index (κ2) is 7.69. The van der Waals surface area contributed by atoms with Gasteiger partial charge in [0.05, 0.1) is 17.7 Å². The van der Waals surface area contributed by atoms with Crippen molar-refractivity contribution in [3.05, 3.63) is 64.2 Å². The molecule has 0 aliphatic carbocycles. The second-order valence-electron chi connectivity index (χ2n) is 4.45. The van der Waals surface area contributed by atoms with E-state index in [1.165, 1.54) is 18.3 Å². The highest BCUT2D eigenvalue weighted by molar-refractivity contribution is 6.38. The predicted molar refractivity (Wildman–Crippen MR) is 87.2 cm³/mol. The zero-order valence-corrected chi connectivity index (χ0v) is 12.4. The van der Waals surface area contributed by atoms with E-state index in [9.17, 15) is 10.1 Å². The molecule has 7 heteroatoms. The van der Waals surface area contributed by atoms with E-state index < -0.39 is 4.92 Å². The van der Waals surface area contributed by atoms with Crippen LogP contribution < -0.4 is 4.74 Å². The zero-order chi connectivity index (χ0) is 16.7. The number of hydrogen-bond donors (Lipinski definition) is 1. The van der Waals surface area contributed by atoms with E-state index in [4.69, 9.17) is 9.94 Å². The lowest BCUT2D eigenvalue weighted by Crippen LogP contribution is -2.03. The van der Waals surface area contributed by atoms with E-state index in [-0.39, 0.29) is 17.1 Å². The van der Waals surface area contributed by atoms with E-state index in [1.807, 2.05) is 6.92 Å². The number of hydrogen-bond acceptors (Lipinski definition) is 6. The Morgan fingerprint density at radius 1 is 1.26 bits per heavy atom. The van der Waals surface area contributed by atoms with Gasteiger partial charge in [-0.1, -0.05) is 17.3 Å². The van der Waals surface area contributed by atoms with Crippen molar-refractivity contribution in [2.75, 3.05) is 6.61 Å². The molecule has 0 aliphatic rings. The van der Waals surface area contributed by atoms with E-state index in [2.05, 4.69) is 10.1 Å². The Morgan fingerprint density at radius 2 is 1.96 bits per heavy atom. The molecule has 0 bridgehead atoms. The van der Waals surface area contributed by atoms with Crippen molar-refractivity contribution in [1.82, 2.24) is 0 Å². The van der Waals surface area contributed by atoms with Gasteiger partial charge < -0.3 is 9.94 Å². The topological polar surface area (TPSA) is 97.3 Å². The lowest BCUT2D eigenvalue weighted by molar-refractivity contribution is -0.384. The quantitative estimate of drug-likeness (QED) is 0.381. The number of nitro groups is 1. The molecule has 0 amide bonds. The van der Waals surface area contributed by atoms with E-state index in [0.717, 1.165) is 0 Å². The van der Waals surface area contributed by atoms with Crippen LogP contribution in [-0.4, -0.2) is 28.7 Å². The van der Waals surface area contributed by atoms with Crippen LogP contribution in [0.5, 0.6) is 5.75 Å². The number of nitrogens with zero attached hydrogens (tertiary/aromatic N) is 3. The van der Waals surface area contributed by atoms with Crippen molar-refractivity contribution >= 4 is 23.3 Å². The Balaban J connectivity index is 2.24. The molecule has 2 rings (SSSR count). The van der Waals surface area contributed by atoms with Crippen LogP contribution in [0.3, 0.4) is 0 Å². The highest BCUT2D eigenvalue weighted by atomic mass is 16.6. The van der Waals surface area contributed by atoms with Crippen LogP contribution in [0.4, 0.5) is 11.4 Å². The van der Waals surface area contributed by atoms with Gasteiger partial charge in [-0.3, -0.25) is 10.1 Å². The molecule has 0 atom stereocenters. The Hall–Kier alpha value is -3.22. The van der Waals surface area contributed by atoms with Gasteiger partial charge in [-0.15, -0.1) is 0 Å². The summed E-state index contributed by atoms with van der Waals surface area (Å²) in [6, 6.07) is 13.0. The van der Waals surface area contributed by atoms with Gasteiger partial charge in [0.2, 0.25) is 0 Å². The van der Waals surface area contributed by atoms with E-state index >= 15 is 0 Å². The Morgan fingerprint density at radius 3 is 2.57 bits per heavy atom. The maximum atomic E-state index is 10.9. The maximum Gasteiger partial charge on any atom is 0.294 e. The Bertz CT molecular complexity index is 739. The molecule has 0 radical (unpaired) electrons. The van der Waals surface area contributed by atoms with Gasteiger partial charge in [-0.05, 0) is 37.3 Å². The van der Waals surface area contributed by atoms with Crippen LogP contribution in [0.1, 0.15) is 12.5 Å². The van der Waals surface area contributed by atoms with Gasteiger partial charge in [0.1, 0.15) is 17.1 Å². The fraction of sp³-hybridized carbons (Fsp3) is 0.125. The van der Waals surface area contributed by atoms with Gasteiger partial charge in [-0.2, -0.15) is 0 Å². The van der Waals surface area contributed by atoms with Crippen LogP contribution in [0.25, 0.3) is 0 Å². The van der Waals surface area contributed by atoms with Gasteiger partial charge in [0.15, 0.2) is 0 Å². The summed E-state index contributed by atoms with van der Waals surface area (Å²) in [6.07, 6.45) is 1.28. The molecule has 7 nitrogen and oxygen atoms in total. The molecule has 0 saturated heterocycles. The van der Waals surface area contributed by atoms with Gasteiger partial charge in [-0.25, -0.2) is 4.99 Å². The number of benzene rings is 2. The van der Waals surface area contributed by atoms with Crippen molar-refractivity contribution in [3.63, 3.8) is 0 Å². The summed E-state index contributed by atoms with van der Waals surface area (Å²) in [4.78, 5) is 14.5. The van der Waals surface area contributed by atoms with Crippen LogP contribution in [0, 0.1) is 10.1 Å². The van der Waals surface area contributed by atoms with Gasteiger partial charge in [0.25, 0.3) is 5.69 Å². The molecule has 0 fully saturated rings. The summed E-state index contributed by atoms with van der Waals surface area (Å²) in [5, 5.41) is 23.3. The molecule has 118 valence electrons. The molecule has 0 heterocycles. The molecular weight excluding hydrogens is 298 g/mol. The third-order valence-corrected chi connectivity index (χ3v) is 2.97. The summed E-state index contributed by atoms with van der Waals surface area (Å²) < 4.78 is 5.33. The normalized spacial score (nSPS) is 11.6. The molecule has 0 aliphatic heterocycles. The van der Waals surface area contributed by atoms with Crippen LogP contribution in [0.2, 0.25) is 0 Å². The number of oxime groups is 1. The predicted octanol–water partition coefficient (Wildman–Crippen LogP) is 3.57. The standard InChI is InChI=1S/C16H15N3O4/c1-2-23-13-9-7-12(8-10-13)15(18-20)11-17-14-5-3-4-6-16(14)19(21)22/h3-11,20H,2H2,1H3. The molecule has 0 aromatic heterocycles. The van der Waals surface area contributed by atoms with Gasteiger partial charge >= 0.3 is 0 Å². The molecule has 1 N–H and O–H groups in total. The number of rotatable bonds is 6. The van der Waals surface area contributed by atoms with Crippen LogP contribution >= 0.6 is 0 Å². The minimum absolute atomic E-state index is 0.118. The van der Waals surface area contributed by atoms with Gasteiger partial charge in [0, 0.05) is 11.6 Å².